The molecule has 0 aliphatic rings. The Balaban J connectivity index is 2.21. The Morgan fingerprint density at radius 1 is 1.36 bits per heavy atom. The molecule has 0 aromatic carbocycles. The lowest BCUT2D eigenvalue weighted by Crippen LogP contribution is -2.11. The Morgan fingerprint density at radius 2 is 2.14 bits per heavy atom. The highest BCUT2D eigenvalue weighted by atomic mass is 79.9. The van der Waals surface area contributed by atoms with E-state index in [1.54, 1.807) is 6.20 Å². The number of hydrogen-bond acceptors (Lipinski definition) is 3. The lowest BCUT2D eigenvalue weighted by molar-refractivity contribution is 0.0542. The SMILES string of the molecule is CC(C)OCCOc1ccc(Br)cn1. The van der Waals surface area contributed by atoms with Gasteiger partial charge in [0.1, 0.15) is 6.61 Å². The summed E-state index contributed by atoms with van der Waals surface area (Å²) in [6, 6.07) is 3.71. The number of nitrogens with zero attached hydrogens (tertiary/aromatic N) is 1. The lowest BCUT2D eigenvalue weighted by atomic mass is 10.5. The zero-order valence-electron chi connectivity index (χ0n) is 8.37. The molecule has 0 aliphatic heterocycles. The highest BCUT2D eigenvalue weighted by molar-refractivity contribution is 9.10. The first-order valence-corrected chi connectivity index (χ1v) is 5.34. The Hall–Kier alpha value is -0.610. The van der Waals surface area contributed by atoms with E-state index in [1.165, 1.54) is 0 Å². The smallest absolute Gasteiger partial charge is 0.213 e. The van der Waals surface area contributed by atoms with Gasteiger partial charge in [-0.25, -0.2) is 4.98 Å². The van der Waals surface area contributed by atoms with E-state index in [1.807, 2.05) is 26.0 Å². The average Bonchev–Trinajstić information content (AvgIpc) is 2.15. The van der Waals surface area contributed by atoms with E-state index < -0.39 is 0 Å². The summed E-state index contributed by atoms with van der Waals surface area (Å²) in [7, 11) is 0. The summed E-state index contributed by atoms with van der Waals surface area (Å²) >= 11 is 3.30. The molecule has 3 nitrogen and oxygen atoms in total. The maximum Gasteiger partial charge on any atom is 0.213 e. The molecule has 1 heterocycles. The predicted octanol–water partition coefficient (Wildman–Crippen LogP) is 2.65. The van der Waals surface area contributed by atoms with Crippen molar-refractivity contribution in [2.45, 2.75) is 20.0 Å². The van der Waals surface area contributed by atoms with E-state index >= 15 is 0 Å². The van der Waals surface area contributed by atoms with Gasteiger partial charge < -0.3 is 9.47 Å². The van der Waals surface area contributed by atoms with Gasteiger partial charge in [0, 0.05) is 16.7 Å². The first-order valence-electron chi connectivity index (χ1n) is 4.54. The van der Waals surface area contributed by atoms with Gasteiger partial charge in [-0.2, -0.15) is 0 Å². The summed E-state index contributed by atoms with van der Waals surface area (Å²) in [5, 5.41) is 0. The van der Waals surface area contributed by atoms with Crippen LogP contribution in [0.25, 0.3) is 0 Å². The van der Waals surface area contributed by atoms with Gasteiger partial charge in [0.05, 0.1) is 12.7 Å². The summed E-state index contributed by atoms with van der Waals surface area (Å²) in [5.74, 6) is 0.626. The second-order valence-electron chi connectivity index (χ2n) is 3.08. The normalized spacial score (nSPS) is 10.6. The fraction of sp³-hybridized carbons (Fsp3) is 0.500. The maximum atomic E-state index is 5.35. The molecule has 1 aromatic rings. The molecule has 78 valence electrons. The van der Waals surface area contributed by atoms with Crippen LogP contribution in [-0.4, -0.2) is 24.3 Å². The third-order valence-electron chi connectivity index (χ3n) is 1.48. The van der Waals surface area contributed by atoms with Crippen molar-refractivity contribution in [2.24, 2.45) is 0 Å². The second kappa shape index (κ2) is 5.98. The molecule has 0 bridgehead atoms. The monoisotopic (exact) mass is 259 g/mol. The molecule has 0 saturated heterocycles. The Labute approximate surface area is 92.6 Å². The maximum absolute atomic E-state index is 5.35. The number of hydrogen-bond donors (Lipinski definition) is 0. The quantitative estimate of drug-likeness (QED) is 0.762. The van der Waals surface area contributed by atoms with E-state index in [0.29, 0.717) is 19.1 Å². The fourth-order valence-electron chi connectivity index (χ4n) is 0.878. The average molecular weight is 260 g/mol. The molecule has 1 rings (SSSR count). The minimum absolute atomic E-state index is 0.247. The standard InChI is InChI=1S/C10H14BrNO2/c1-8(2)13-5-6-14-10-4-3-9(11)7-12-10/h3-4,7-8H,5-6H2,1-2H3. The van der Waals surface area contributed by atoms with Crippen LogP contribution < -0.4 is 4.74 Å². The van der Waals surface area contributed by atoms with E-state index in [9.17, 15) is 0 Å². The number of rotatable bonds is 5. The van der Waals surface area contributed by atoms with Crippen LogP contribution in [0.3, 0.4) is 0 Å². The van der Waals surface area contributed by atoms with Gasteiger partial charge >= 0.3 is 0 Å². The van der Waals surface area contributed by atoms with Crippen molar-refractivity contribution >= 4 is 15.9 Å². The van der Waals surface area contributed by atoms with Crippen LogP contribution in [0.2, 0.25) is 0 Å². The molecule has 1 aromatic heterocycles. The van der Waals surface area contributed by atoms with Gasteiger partial charge in [-0.1, -0.05) is 0 Å². The van der Waals surface area contributed by atoms with E-state index in [2.05, 4.69) is 20.9 Å². The van der Waals surface area contributed by atoms with Crippen LogP contribution >= 0.6 is 15.9 Å². The highest BCUT2D eigenvalue weighted by Gasteiger charge is 1.96. The molecule has 0 fully saturated rings. The van der Waals surface area contributed by atoms with E-state index in [4.69, 9.17) is 9.47 Å². The summed E-state index contributed by atoms with van der Waals surface area (Å²) in [5.41, 5.74) is 0. The van der Waals surface area contributed by atoms with E-state index in [-0.39, 0.29) is 6.10 Å². The van der Waals surface area contributed by atoms with Crippen LogP contribution in [0.5, 0.6) is 5.88 Å². The topological polar surface area (TPSA) is 31.4 Å². The van der Waals surface area contributed by atoms with Crippen molar-refractivity contribution in [3.8, 4) is 5.88 Å². The molecular formula is C10H14BrNO2. The molecule has 0 N–H and O–H groups in total. The summed E-state index contributed by atoms with van der Waals surface area (Å²) in [6.45, 7) is 5.12. The van der Waals surface area contributed by atoms with Gasteiger partial charge in [0.25, 0.3) is 0 Å². The highest BCUT2D eigenvalue weighted by Crippen LogP contribution is 2.11. The summed E-state index contributed by atoms with van der Waals surface area (Å²) in [6.07, 6.45) is 1.95. The molecule has 4 heteroatoms. The second-order valence-corrected chi connectivity index (χ2v) is 4.00. The van der Waals surface area contributed by atoms with Crippen molar-refractivity contribution in [3.05, 3.63) is 22.8 Å². The lowest BCUT2D eigenvalue weighted by Gasteiger charge is -2.08. The molecular weight excluding hydrogens is 246 g/mol. The van der Waals surface area contributed by atoms with Gasteiger partial charge in [-0.3, -0.25) is 0 Å². The number of halogens is 1. The van der Waals surface area contributed by atoms with Crippen molar-refractivity contribution < 1.29 is 9.47 Å². The summed E-state index contributed by atoms with van der Waals surface area (Å²) < 4.78 is 11.6. The van der Waals surface area contributed by atoms with Gasteiger partial charge in [-0.05, 0) is 35.8 Å². The van der Waals surface area contributed by atoms with Gasteiger partial charge in [0.15, 0.2) is 0 Å². The Kier molecular flexibility index (Phi) is 4.90. The van der Waals surface area contributed by atoms with Crippen LogP contribution in [0.1, 0.15) is 13.8 Å². The fourth-order valence-corrected chi connectivity index (χ4v) is 1.11. The molecule has 0 atom stereocenters. The molecule has 0 spiro atoms. The molecule has 14 heavy (non-hydrogen) atoms. The molecule has 0 unspecified atom stereocenters. The van der Waals surface area contributed by atoms with Crippen molar-refractivity contribution in [2.75, 3.05) is 13.2 Å². The number of pyridine rings is 1. The minimum atomic E-state index is 0.247. The van der Waals surface area contributed by atoms with Crippen LogP contribution in [-0.2, 0) is 4.74 Å². The zero-order chi connectivity index (χ0) is 10.4. The number of ether oxygens (including phenoxy) is 2. The van der Waals surface area contributed by atoms with Crippen LogP contribution in [0.15, 0.2) is 22.8 Å². The Morgan fingerprint density at radius 3 is 2.71 bits per heavy atom. The van der Waals surface area contributed by atoms with Gasteiger partial charge in [-0.15, -0.1) is 0 Å². The first-order chi connectivity index (χ1) is 6.68. The molecule has 0 amide bonds. The van der Waals surface area contributed by atoms with Crippen LogP contribution in [0, 0.1) is 0 Å². The Bertz CT molecular complexity index is 261. The summed E-state index contributed by atoms with van der Waals surface area (Å²) in [4.78, 5) is 4.07. The van der Waals surface area contributed by atoms with E-state index in [0.717, 1.165) is 4.47 Å². The molecule has 0 radical (unpaired) electrons. The van der Waals surface area contributed by atoms with Crippen molar-refractivity contribution in [3.63, 3.8) is 0 Å². The number of aromatic nitrogens is 1. The first kappa shape index (κ1) is 11.5. The zero-order valence-corrected chi connectivity index (χ0v) is 9.95. The molecule has 0 aliphatic carbocycles. The van der Waals surface area contributed by atoms with Crippen molar-refractivity contribution in [1.82, 2.24) is 4.98 Å². The molecule has 0 saturated carbocycles. The minimum Gasteiger partial charge on any atom is -0.475 e. The third-order valence-corrected chi connectivity index (χ3v) is 1.95. The predicted molar refractivity (Wildman–Crippen MR) is 58.5 cm³/mol. The third kappa shape index (κ3) is 4.58. The van der Waals surface area contributed by atoms with Crippen LogP contribution in [0.4, 0.5) is 0 Å². The largest absolute Gasteiger partial charge is 0.475 e. The van der Waals surface area contributed by atoms with Crippen molar-refractivity contribution in [1.29, 1.82) is 0 Å². The van der Waals surface area contributed by atoms with Gasteiger partial charge in [0.2, 0.25) is 5.88 Å².